The second-order valence-corrected chi connectivity index (χ2v) is 10.6. The Labute approximate surface area is 95.6 Å². The van der Waals surface area contributed by atoms with Gasteiger partial charge in [0.25, 0.3) is 0 Å². The van der Waals surface area contributed by atoms with Crippen LogP contribution in [0.2, 0.25) is 0 Å². The van der Waals surface area contributed by atoms with Crippen LogP contribution in [0.5, 0.6) is 0 Å². The first-order valence-corrected chi connectivity index (χ1v) is 9.53. The van der Waals surface area contributed by atoms with Gasteiger partial charge in [0.15, 0.2) is 0 Å². The third-order valence-corrected chi connectivity index (χ3v) is 6.19. The van der Waals surface area contributed by atoms with Gasteiger partial charge in [0.1, 0.15) is 0 Å². The maximum absolute atomic E-state index is 2.52. The van der Waals surface area contributed by atoms with E-state index in [9.17, 15) is 0 Å². The molecular weight excluding hydrogens is 201 g/mol. The van der Waals surface area contributed by atoms with Crippen LogP contribution in [0.3, 0.4) is 0 Å². The van der Waals surface area contributed by atoms with Crippen molar-refractivity contribution in [2.45, 2.75) is 19.8 Å². The first-order valence-electron chi connectivity index (χ1n) is 6.12. The molecule has 0 radical (unpaired) electrons. The summed E-state index contributed by atoms with van der Waals surface area (Å²) in [6.45, 7) is 8.43. The molecule has 0 amide bonds. The second kappa shape index (κ2) is 5.70. The molecule has 0 fully saturated rings. The fourth-order valence-electron chi connectivity index (χ4n) is 2.07. The molecule has 1 heterocycles. The standard InChI is InChI=1S/C13H26NP/c1-5-6-11-15(3,4)12-13-9-7-8-10-14(13)2/h7-9,15H,5-6,10-12H2,1-4H3. The van der Waals surface area contributed by atoms with Crippen LogP contribution in [0, 0.1) is 0 Å². The average molecular weight is 227 g/mol. The second-order valence-electron chi connectivity index (χ2n) is 5.41. The van der Waals surface area contributed by atoms with Crippen LogP contribution in [0.4, 0.5) is 0 Å². The SMILES string of the molecule is CCCC[PH](C)(C)CC1=CC=CCN1C. The molecule has 0 N–H and O–H groups in total. The number of likely N-dealkylation sites (N-methyl/N-ethyl adjacent to an activating group) is 1. The van der Waals surface area contributed by atoms with Gasteiger partial charge in [-0.3, -0.25) is 0 Å². The van der Waals surface area contributed by atoms with Crippen molar-refractivity contribution in [3.63, 3.8) is 0 Å². The zero-order chi connectivity index (χ0) is 11.3. The Balaban J connectivity index is 2.51. The summed E-state index contributed by atoms with van der Waals surface area (Å²) in [7, 11) is 1.21. The van der Waals surface area contributed by atoms with Gasteiger partial charge in [-0.25, -0.2) is 0 Å². The quantitative estimate of drug-likeness (QED) is 0.652. The number of allylic oxidation sites excluding steroid dienone is 3. The van der Waals surface area contributed by atoms with Crippen LogP contribution < -0.4 is 0 Å². The van der Waals surface area contributed by atoms with Crippen molar-refractivity contribution in [1.82, 2.24) is 4.90 Å². The molecule has 1 rings (SSSR count). The van der Waals surface area contributed by atoms with Crippen LogP contribution in [0.1, 0.15) is 19.8 Å². The number of rotatable bonds is 5. The summed E-state index contributed by atoms with van der Waals surface area (Å²) in [6, 6.07) is 0. The molecule has 88 valence electrons. The summed E-state index contributed by atoms with van der Waals surface area (Å²) in [5, 5.41) is 0. The van der Waals surface area contributed by atoms with Crippen molar-refractivity contribution in [1.29, 1.82) is 0 Å². The molecule has 2 heteroatoms. The van der Waals surface area contributed by atoms with Crippen LogP contribution in [0.15, 0.2) is 23.9 Å². The first kappa shape index (κ1) is 12.8. The number of nitrogens with zero attached hydrogens (tertiary/aromatic N) is 1. The van der Waals surface area contributed by atoms with Gasteiger partial charge in [-0.1, -0.05) is 0 Å². The first-order chi connectivity index (χ1) is 7.05. The molecule has 0 saturated heterocycles. The van der Waals surface area contributed by atoms with E-state index in [0.717, 1.165) is 6.54 Å². The van der Waals surface area contributed by atoms with Crippen molar-refractivity contribution in [2.75, 3.05) is 39.2 Å². The molecule has 0 unspecified atom stereocenters. The monoisotopic (exact) mass is 227 g/mol. The van der Waals surface area contributed by atoms with Gasteiger partial charge in [0.2, 0.25) is 0 Å². The number of hydrogen-bond acceptors (Lipinski definition) is 1. The minimum atomic E-state index is -0.997. The normalized spacial score (nSPS) is 17.9. The average Bonchev–Trinajstić information content (AvgIpc) is 2.18. The molecule has 0 aliphatic carbocycles. The maximum atomic E-state index is 2.52. The van der Waals surface area contributed by atoms with E-state index in [2.05, 4.69) is 50.4 Å². The van der Waals surface area contributed by atoms with E-state index >= 15 is 0 Å². The van der Waals surface area contributed by atoms with Crippen LogP contribution in [0.25, 0.3) is 0 Å². The molecular formula is C13H26NP. The zero-order valence-electron chi connectivity index (χ0n) is 10.7. The Bertz CT molecular complexity index is 253. The predicted molar refractivity (Wildman–Crippen MR) is 74.7 cm³/mol. The predicted octanol–water partition coefficient (Wildman–Crippen LogP) is 3.18. The summed E-state index contributed by atoms with van der Waals surface area (Å²) in [6.07, 6.45) is 12.3. The van der Waals surface area contributed by atoms with E-state index in [-0.39, 0.29) is 0 Å². The van der Waals surface area contributed by atoms with Crippen LogP contribution >= 0.6 is 7.26 Å². The third-order valence-electron chi connectivity index (χ3n) is 3.16. The molecule has 1 aliphatic rings. The number of hydrogen-bond donors (Lipinski definition) is 0. The van der Waals surface area contributed by atoms with Gasteiger partial charge in [-0.15, -0.1) is 0 Å². The van der Waals surface area contributed by atoms with E-state index in [0.29, 0.717) is 0 Å². The fraction of sp³-hybridized carbons (Fsp3) is 0.692. The fourth-order valence-corrected chi connectivity index (χ4v) is 4.93. The van der Waals surface area contributed by atoms with Gasteiger partial charge in [-0.05, 0) is 0 Å². The van der Waals surface area contributed by atoms with Crippen LogP contribution in [-0.4, -0.2) is 44.1 Å². The van der Waals surface area contributed by atoms with Gasteiger partial charge < -0.3 is 0 Å². The van der Waals surface area contributed by atoms with E-state index in [4.69, 9.17) is 0 Å². The van der Waals surface area contributed by atoms with Crippen molar-refractivity contribution in [3.05, 3.63) is 23.9 Å². The third kappa shape index (κ3) is 4.38. The molecule has 0 bridgehead atoms. The Morgan fingerprint density at radius 2 is 2.13 bits per heavy atom. The van der Waals surface area contributed by atoms with Gasteiger partial charge in [0, 0.05) is 0 Å². The van der Waals surface area contributed by atoms with Gasteiger partial charge in [-0.2, -0.15) is 0 Å². The van der Waals surface area contributed by atoms with E-state index < -0.39 is 7.26 Å². The number of unbranched alkanes of at least 4 members (excludes halogenated alkanes) is 1. The van der Waals surface area contributed by atoms with Crippen molar-refractivity contribution in [2.24, 2.45) is 0 Å². The molecule has 1 nitrogen and oxygen atoms in total. The molecule has 0 aromatic heterocycles. The topological polar surface area (TPSA) is 3.24 Å². The zero-order valence-corrected chi connectivity index (χ0v) is 11.7. The Morgan fingerprint density at radius 1 is 1.40 bits per heavy atom. The summed E-state index contributed by atoms with van der Waals surface area (Å²) < 4.78 is 0. The van der Waals surface area contributed by atoms with E-state index in [1.807, 2.05) is 0 Å². The molecule has 0 spiro atoms. The minimum absolute atomic E-state index is 0.997. The Morgan fingerprint density at radius 3 is 2.73 bits per heavy atom. The molecule has 15 heavy (non-hydrogen) atoms. The van der Waals surface area contributed by atoms with Crippen LogP contribution in [-0.2, 0) is 0 Å². The van der Waals surface area contributed by atoms with Crippen molar-refractivity contribution >= 4 is 7.26 Å². The van der Waals surface area contributed by atoms with Crippen molar-refractivity contribution < 1.29 is 0 Å². The van der Waals surface area contributed by atoms with E-state index in [1.165, 1.54) is 25.2 Å². The van der Waals surface area contributed by atoms with Crippen molar-refractivity contribution in [3.8, 4) is 0 Å². The van der Waals surface area contributed by atoms with Gasteiger partial charge in [0.05, 0.1) is 0 Å². The summed E-state index contributed by atoms with van der Waals surface area (Å²) in [5.74, 6) is 0. The molecule has 1 aliphatic heterocycles. The summed E-state index contributed by atoms with van der Waals surface area (Å²) in [5.41, 5.74) is 1.55. The molecule has 0 saturated carbocycles. The molecule has 0 aromatic carbocycles. The molecule has 0 aromatic rings. The Kier molecular flexibility index (Phi) is 4.86. The summed E-state index contributed by atoms with van der Waals surface area (Å²) >= 11 is 0. The van der Waals surface area contributed by atoms with E-state index in [1.54, 1.807) is 5.70 Å². The summed E-state index contributed by atoms with van der Waals surface area (Å²) in [4.78, 5) is 2.39. The van der Waals surface area contributed by atoms with Gasteiger partial charge >= 0.3 is 95.1 Å². The molecule has 0 atom stereocenters. The Hall–Kier alpha value is -0.290.